The number of ether oxygens (including phenoxy) is 13. The van der Waals surface area contributed by atoms with Gasteiger partial charge in [-0.25, -0.2) is 4.79 Å². The molecule has 0 aromatic heterocycles. The number of carbonyl (C=O) groups is 3. The third kappa shape index (κ3) is 14.5. The minimum absolute atomic E-state index is 0.0347. The number of fused-ring (bicyclic) bond motifs is 5. The smallest absolute Gasteiger partial charge is 0.338 e. The standard InChI is InChI=1S/C65H98O31/c1-26(2)8-12-35(68)27(3)65(83)43(94-62-56(89-28(4)67)54(38(71)23-86-62)96-61-55(44(72)37(70)22-85-61)95-57(82)29-9-13-36(69)39(18-29)84-7)20-34-32-11-10-30-19-31(14-16-63(30,5)33(32)15-17-64(34,65)6)90-60-53(81)50(78)47(75)42(93-60)25-88-59-52(80)49(77)46(74)41(92-59)24-87-58-51(79)48(76)45(73)40(21-66)91-58/h9-10,13,18,26-27,31-34,37-38,40-56,58-62,66,69-81,83H,8,11-12,14-17,19-25H2,1-7H3/t27-,31+,32-,33+,34+,37-,38+,40-,41-,42-,43+,44+,45-,46-,47-,48+,49+,50+,51-,52-,53-,54+,55-,56-,58-,59-,60-,61+,62+,63+,64+,65-/m1/s1. The van der Waals surface area contributed by atoms with E-state index in [1.165, 1.54) is 25.3 Å². The Kier molecular flexibility index (Phi) is 23.7. The Bertz CT molecular complexity index is 2850. The fourth-order valence-corrected chi connectivity index (χ4v) is 16.4. The molecule has 1 aromatic carbocycles. The van der Waals surface area contributed by atoms with E-state index in [0.717, 1.165) is 12.5 Å². The molecule has 32 atom stereocenters. The van der Waals surface area contributed by atoms with Crippen molar-refractivity contribution in [3.05, 3.63) is 35.4 Å². The van der Waals surface area contributed by atoms with Gasteiger partial charge in [-0.15, -0.1) is 0 Å². The number of aromatic hydroxyl groups is 1. The second-order valence-corrected chi connectivity index (χ2v) is 28.4. The normalized spacial score (nSPS) is 46.0. The molecule has 5 saturated heterocycles. The SMILES string of the molecule is COc1cc(C(=O)O[C@H]2[C@H](O[C@@H]3[C@@H](OC(C)=O)[C@H](O[C@H]4C[C@H]5[C@@H]6CC=C7C[C@@H](O[C@@H]8O[C@H](CO[C@@H]9O[C@H](CO[C@@H]%10O[C@H](CO)[C@@H](O)[C@H](O)[C@H]%10O)[C@@H](O)[C@H](O)[C@H]9O)[C@@H](O)[C@H](O)[C@H]8O)CC[C@]7(C)[C@H]6CC[C@]5(C)[C@@]4(O)[C@H](C)C(=O)CCC(C)C)OC[C@@H]3O)OC[C@@H](O)[C@@H]2O)ccc1O. The van der Waals surface area contributed by atoms with E-state index < -0.39 is 221 Å². The number of allylic oxidation sites excluding steroid dienone is 1. The number of methoxy groups -OCH3 is 1. The predicted molar refractivity (Wildman–Crippen MR) is 321 cm³/mol. The summed E-state index contributed by atoms with van der Waals surface area (Å²) >= 11 is 0. The van der Waals surface area contributed by atoms with E-state index in [1.807, 2.05) is 20.8 Å². The van der Waals surface area contributed by atoms with Crippen LogP contribution >= 0.6 is 0 Å². The molecule has 31 nitrogen and oxygen atoms in total. The van der Waals surface area contributed by atoms with Crippen molar-refractivity contribution >= 4 is 17.7 Å². The number of phenols is 1. The Morgan fingerprint density at radius 1 is 0.646 bits per heavy atom. The number of hydrogen-bond acceptors (Lipinski definition) is 31. The van der Waals surface area contributed by atoms with Gasteiger partial charge in [-0.3, -0.25) is 9.59 Å². The summed E-state index contributed by atoms with van der Waals surface area (Å²) in [6, 6.07) is 3.62. The number of carbonyl (C=O) groups excluding carboxylic acids is 3. The van der Waals surface area contributed by atoms with Gasteiger partial charge in [0.25, 0.3) is 0 Å². The number of rotatable bonds is 22. The highest BCUT2D eigenvalue weighted by Gasteiger charge is 2.71. The quantitative estimate of drug-likeness (QED) is 0.0412. The average molecular weight is 1380 g/mol. The van der Waals surface area contributed by atoms with E-state index in [2.05, 4.69) is 13.0 Å². The molecule has 0 unspecified atom stereocenters. The number of esters is 2. The predicted octanol–water partition coefficient (Wildman–Crippen LogP) is -2.80. The first-order valence-corrected chi connectivity index (χ1v) is 33.2. The van der Waals surface area contributed by atoms with E-state index in [4.69, 9.17) is 61.6 Å². The van der Waals surface area contributed by atoms with Crippen molar-refractivity contribution in [1.82, 2.24) is 0 Å². The maximum Gasteiger partial charge on any atom is 0.338 e. The topological polar surface area (TPSA) is 475 Å². The van der Waals surface area contributed by atoms with Crippen LogP contribution in [-0.4, -0.2) is 294 Å². The third-order valence-electron chi connectivity index (χ3n) is 22.2. The first kappa shape index (κ1) is 74.9. The number of benzene rings is 1. The van der Waals surface area contributed by atoms with Gasteiger partial charge < -0.3 is 138 Å². The van der Waals surface area contributed by atoms with Crippen LogP contribution in [0.1, 0.15) is 110 Å². The van der Waals surface area contributed by atoms with Crippen molar-refractivity contribution in [3.8, 4) is 11.5 Å². The Morgan fingerprint density at radius 3 is 1.83 bits per heavy atom. The van der Waals surface area contributed by atoms with E-state index in [0.29, 0.717) is 44.9 Å². The second kappa shape index (κ2) is 30.4. The van der Waals surface area contributed by atoms with Crippen LogP contribution in [0.2, 0.25) is 0 Å². The van der Waals surface area contributed by atoms with Crippen LogP contribution in [-0.2, 0) is 66.4 Å². The van der Waals surface area contributed by atoms with Crippen LogP contribution in [0.15, 0.2) is 29.8 Å². The maximum atomic E-state index is 14.5. The number of hydrogen-bond donors (Lipinski definition) is 15. The molecule has 96 heavy (non-hydrogen) atoms. The van der Waals surface area contributed by atoms with Crippen LogP contribution in [0.3, 0.4) is 0 Å². The summed E-state index contributed by atoms with van der Waals surface area (Å²) < 4.78 is 76.7. The number of Topliss-reactive ketones (excluding diaryl/α,β-unsaturated/α-hetero) is 1. The van der Waals surface area contributed by atoms with Gasteiger partial charge in [0.15, 0.2) is 55.2 Å². The lowest BCUT2D eigenvalue weighted by Crippen LogP contribution is -2.64. The van der Waals surface area contributed by atoms with Gasteiger partial charge in [0, 0.05) is 24.7 Å². The Hall–Kier alpha value is -3.79. The summed E-state index contributed by atoms with van der Waals surface area (Å²) in [5.41, 5.74) is -2.28. The summed E-state index contributed by atoms with van der Waals surface area (Å²) in [4.78, 5) is 41.2. The average Bonchev–Trinajstić information content (AvgIpc) is 1.48. The highest BCUT2D eigenvalue weighted by molar-refractivity contribution is 5.90. The highest BCUT2D eigenvalue weighted by atomic mass is 16.8. The highest BCUT2D eigenvalue weighted by Crippen LogP contribution is 2.69. The minimum atomic E-state index is -1.89. The van der Waals surface area contributed by atoms with Gasteiger partial charge in [-0.05, 0) is 98.7 Å². The lowest BCUT2D eigenvalue weighted by Gasteiger charge is -2.59. The van der Waals surface area contributed by atoms with Crippen LogP contribution in [0.5, 0.6) is 11.5 Å². The Morgan fingerprint density at radius 2 is 1.23 bits per heavy atom. The van der Waals surface area contributed by atoms with Crippen molar-refractivity contribution in [2.24, 2.45) is 40.4 Å². The van der Waals surface area contributed by atoms with Crippen molar-refractivity contribution in [3.63, 3.8) is 0 Å². The van der Waals surface area contributed by atoms with Crippen LogP contribution in [0.25, 0.3) is 0 Å². The summed E-state index contributed by atoms with van der Waals surface area (Å²) in [7, 11) is 1.27. The van der Waals surface area contributed by atoms with E-state index in [9.17, 15) is 91.0 Å². The zero-order valence-electron chi connectivity index (χ0n) is 54.8. The van der Waals surface area contributed by atoms with Gasteiger partial charge in [0.2, 0.25) is 0 Å². The molecular formula is C65H98O31. The number of aliphatic hydroxyl groups is 14. The van der Waals surface area contributed by atoms with E-state index >= 15 is 0 Å². The molecular weight excluding hydrogens is 1280 g/mol. The molecule has 0 radical (unpaired) electrons. The third-order valence-corrected chi connectivity index (χ3v) is 22.2. The zero-order valence-corrected chi connectivity index (χ0v) is 54.8. The molecule has 8 fully saturated rings. The number of phenolic OH excluding ortho intramolecular Hbond substituents is 1. The van der Waals surface area contributed by atoms with Gasteiger partial charge in [-0.1, -0.05) is 46.3 Å². The van der Waals surface area contributed by atoms with Gasteiger partial charge in [-0.2, -0.15) is 0 Å². The molecule has 10 rings (SSSR count). The molecule has 0 spiro atoms. The maximum absolute atomic E-state index is 14.5. The largest absolute Gasteiger partial charge is 0.504 e. The molecule has 1 aromatic rings. The first-order valence-electron chi connectivity index (χ1n) is 33.2. The molecule has 5 heterocycles. The molecule has 31 heteroatoms. The van der Waals surface area contributed by atoms with Crippen LogP contribution in [0, 0.1) is 40.4 Å². The first-order chi connectivity index (χ1) is 45.4. The second-order valence-electron chi connectivity index (χ2n) is 28.4. The van der Waals surface area contributed by atoms with Gasteiger partial charge in [0.05, 0.1) is 57.9 Å². The van der Waals surface area contributed by atoms with Gasteiger partial charge in [0.1, 0.15) is 109 Å². The lowest BCUT2D eigenvalue weighted by molar-refractivity contribution is -0.345. The fourth-order valence-electron chi connectivity index (χ4n) is 16.4. The summed E-state index contributed by atoms with van der Waals surface area (Å²) in [5, 5.41) is 164. The molecule has 544 valence electrons. The van der Waals surface area contributed by atoms with Crippen molar-refractivity contribution in [2.75, 3.05) is 40.1 Å². The number of aliphatic hydroxyl groups excluding tert-OH is 13. The molecule has 5 aliphatic heterocycles. The van der Waals surface area contributed by atoms with Crippen molar-refractivity contribution < 1.29 is 153 Å². The molecule has 3 saturated carbocycles. The molecule has 4 aliphatic carbocycles. The fraction of sp³-hybridized carbons (Fsp3) is 0.831. The van der Waals surface area contributed by atoms with Crippen LogP contribution in [0.4, 0.5) is 0 Å². The van der Waals surface area contributed by atoms with Crippen LogP contribution < -0.4 is 4.74 Å². The lowest BCUT2D eigenvalue weighted by atomic mass is 9.46. The molecule has 0 bridgehead atoms. The summed E-state index contributed by atoms with van der Waals surface area (Å²) in [6.45, 7) is 8.01. The molecule has 0 amide bonds. The minimum Gasteiger partial charge on any atom is -0.504 e. The summed E-state index contributed by atoms with van der Waals surface area (Å²) in [6.07, 6.45) is -33.9. The molecule has 15 N–H and O–H groups in total. The number of ketones is 1. The van der Waals surface area contributed by atoms with E-state index in [-0.39, 0.29) is 59.4 Å². The summed E-state index contributed by atoms with van der Waals surface area (Å²) in [5.74, 6) is -3.54. The molecule has 9 aliphatic rings. The monoisotopic (exact) mass is 1370 g/mol. The van der Waals surface area contributed by atoms with Crippen molar-refractivity contribution in [2.45, 2.75) is 258 Å². The zero-order chi connectivity index (χ0) is 69.8. The van der Waals surface area contributed by atoms with E-state index in [1.54, 1.807) is 6.92 Å². The van der Waals surface area contributed by atoms with Crippen molar-refractivity contribution in [1.29, 1.82) is 0 Å². The Labute approximate surface area is 554 Å². The Balaban J connectivity index is 0.829. The van der Waals surface area contributed by atoms with Gasteiger partial charge >= 0.3 is 11.9 Å².